The van der Waals surface area contributed by atoms with Crippen molar-refractivity contribution in [2.75, 3.05) is 0 Å². The summed E-state index contributed by atoms with van der Waals surface area (Å²) in [5.74, 6) is 1.10. The number of hydrogen-bond acceptors (Lipinski definition) is 5. The Kier molecular flexibility index (Phi) is 10.2. The first-order chi connectivity index (χ1) is 21.6. The molecule has 2 N–H and O–H groups in total. The molecule has 0 aliphatic heterocycles. The quantitative estimate of drug-likeness (QED) is 0.182. The first kappa shape index (κ1) is 37.0. The van der Waals surface area contributed by atoms with Crippen molar-refractivity contribution in [1.82, 2.24) is 0 Å². The van der Waals surface area contributed by atoms with Crippen molar-refractivity contribution in [2.45, 2.75) is 105 Å². The van der Waals surface area contributed by atoms with Crippen molar-refractivity contribution in [2.24, 2.45) is 0 Å². The Morgan fingerprint density at radius 1 is 0.468 bits per heavy atom. The third-order valence-electron chi connectivity index (χ3n) is 8.46. The zero-order valence-electron chi connectivity index (χ0n) is 30.3. The van der Waals surface area contributed by atoms with Gasteiger partial charge in [0.15, 0.2) is 0 Å². The van der Waals surface area contributed by atoms with Crippen LogP contribution >= 0.6 is 15.9 Å². The Labute approximate surface area is 284 Å². The summed E-state index contributed by atoms with van der Waals surface area (Å²) in [7, 11) is -7.99. The molecule has 0 aliphatic carbocycles. The normalized spacial score (nSPS) is 14.1. The van der Waals surface area contributed by atoms with Crippen LogP contribution in [0.15, 0.2) is 97.1 Å². The predicted molar refractivity (Wildman–Crippen MR) is 200 cm³/mol. The fraction of sp³-hybridized carbons (Fsp3) is 0.400. The van der Waals surface area contributed by atoms with E-state index in [1.54, 1.807) is 0 Å². The molecule has 0 amide bonds. The molecular formula is C40H54O5P2. The van der Waals surface area contributed by atoms with Gasteiger partial charge in [0.1, 0.15) is 0 Å². The SMILES string of the molecule is CC(C)(C)c1ccc(OP(Oc2ccc(C(C)(C)C)cc2C(C)(C)C)(OP(O)O)(c2ccccc2)c2ccccc2)c(C(C)(C)C)c1. The maximum absolute atomic E-state index is 11.0. The van der Waals surface area contributed by atoms with Gasteiger partial charge < -0.3 is 0 Å². The van der Waals surface area contributed by atoms with E-state index in [-0.39, 0.29) is 21.7 Å². The molecule has 7 heteroatoms. The Morgan fingerprint density at radius 3 is 1.09 bits per heavy atom. The Morgan fingerprint density at radius 2 is 0.809 bits per heavy atom. The van der Waals surface area contributed by atoms with Gasteiger partial charge in [-0.25, -0.2) is 0 Å². The summed E-state index contributed by atoms with van der Waals surface area (Å²) in [6.07, 6.45) is 0. The van der Waals surface area contributed by atoms with Gasteiger partial charge in [-0.2, -0.15) is 0 Å². The summed E-state index contributed by atoms with van der Waals surface area (Å²) < 4.78 is 21.5. The van der Waals surface area contributed by atoms with Crippen LogP contribution in [-0.2, 0) is 26.0 Å². The molecule has 47 heavy (non-hydrogen) atoms. The standard InChI is InChI=1S/C40H54O5P2/c1-37(2,3)29-23-25-35(33(27-29)39(7,8)9)43-47(45-46(41)42,31-19-15-13-16-20-31,32-21-17-14-18-22-32)44-36-26-24-30(38(4,5)6)28-34(36)40(10,11)12/h13-28,41-42H,1-12H3. The van der Waals surface area contributed by atoms with Crippen molar-refractivity contribution >= 4 is 26.5 Å². The van der Waals surface area contributed by atoms with E-state index >= 15 is 0 Å². The van der Waals surface area contributed by atoms with Gasteiger partial charge in [-0.15, -0.1) is 0 Å². The van der Waals surface area contributed by atoms with Gasteiger partial charge in [-0.3, -0.25) is 0 Å². The second-order valence-electron chi connectivity index (χ2n) is 16.5. The van der Waals surface area contributed by atoms with Gasteiger partial charge in [0.05, 0.1) is 0 Å². The van der Waals surface area contributed by atoms with Gasteiger partial charge in [-0.1, -0.05) is 0 Å². The molecule has 4 aromatic rings. The minimum atomic E-state index is -5.00. The molecule has 0 spiro atoms. The molecule has 0 aromatic heterocycles. The number of rotatable bonds is 8. The second kappa shape index (κ2) is 12.9. The van der Waals surface area contributed by atoms with Crippen LogP contribution in [-0.4, -0.2) is 9.79 Å². The Balaban J connectivity index is 2.21. The van der Waals surface area contributed by atoms with E-state index in [2.05, 4.69) is 107 Å². The van der Waals surface area contributed by atoms with Crippen molar-refractivity contribution in [3.05, 3.63) is 119 Å². The van der Waals surface area contributed by atoms with E-state index < -0.39 is 15.9 Å². The Bertz CT molecular complexity index is 1550. The molecule has 4 rings (SSSR count). The average Bonchev–Trinajstić information content (AvgIpc) is 2.96. The van der Waals surface area contributed by atoms with Crippen LogP contribution < -0.4 is 19.7 Å². The first-order valence-corrected chi connectivity index (χ1v) is 19.4. The van der Waals surface area contributed by atoms with Crippen LogP contribution in [0.2, 0.25) is 0 Å². The summed E-state index contributed by atoms with van der Waals surface area (Å²) >= 11 is 0. The van der Waals surface area contributed by atoms with E-state index in [0.717, 1.165) is 22.3 Å². The zero-order chi connectivity index (χ0) is 35.1. The fourth-order valence-electron chi connectivity index (χ4n) is 5.69. The zero-order valence-corrected chi connectivity index (χ0v) is 32.0. The second-order valence-corrected chi connectivity index (χ2v) is 20.8. The van der Waals surface area contributed by atoms with Crippen LogP contribution in [0, 0.1) is 0 Å². The topological polar surface area (TPSA) is 68.2 Å². The van der Waals surface area contributed by atoms with Crippen molar-refractivity contribution < 1.29 is 23.1 Å². The molecule has 4 aromatic carbocycles. The van der Waals surface area contributed by atoms with Gasteiger partial charge in [0.2, 0.25) is 0 Å². The summed E-state index contributed by atoms with van der Waals surface area (Å²) in [5.41, 5.74) is 3.37. The summed E-state index contributed by atoms with van der Waals surface area (Å²) in [6, 6.07) is 31.5. The van der Waals surface area contributed by atoms with Gasteiger partial charge in [-0.05, 0) is 0 Å². The summed E-state index contributed by atoms with van der Waals surface area (Å²) in [4.78, 5) is 21.9. The average molecular weight is 677 g/mol. The molecule has 0 bridgehead atoms. The Hall–Kier alpha value is -2.78. The van der Waals surface area contributed by atoms with Crippen LogP contribution in [0.3, 0.4) is 0 Å². The van der Waals surface area contributed by atoms with Gasteiger partial charge in [0.25, 0.3) is 0 Å². The van der Waals surface area contributed by atoms with Gasteiger partial charge >= 0.3 is 285 Å². The fourth-order valence-corrected chi connectivity index (χ4v) is 10.9. The maximum atomic E-state index is 11.0. The predicted octanol–water partition coefficient (Wildman–Crippen LogP) is 10.5. The first-order valence-electron chi connectivity index (χ1n) is 16.3. The molecule has 0 saturated carbocycles. The molecule has 0 atom stereocenters. The van der Waals surface area contributed by atoms with Crippen LogP contribution in [0.5, 0.6) is 11.5 Å². The third-order valence-corrected chi connectivity index (χ3v) is 13.7. The van der Waals surface area contributed by atoms with E-state index in [1.165, 1.54) is 0 Å². The molecular weight excluding hydrogens is 622 g/mol. The van der Waals surface area contributed by atoms with Crippen LogP contribution in [0.4, 0.5) is 0 Å². The van der Waals surface area contributed by atoms with Crippen molar-refractivity contribution in [1.29, 1.82) is 0 Å². The van der Waals surface area contributed by atoms with Gasteiger partial charge in [0, 0.05) is 0 Å². The van der Waals surface area contributed by atoms with E-state index in [9.17, 15) is 9.79 Å². The summed E-state index contributed by atoms with van der Waals surface area (Å²) in [6.45, 7) is 26.0. The molecule has 0 fully saturated rings. The van der Waals surface area contributed by atoms with E-state index in [4.69, 9.17) is 13.4 Å². The molecule has 0 saturated heterocycles. The van der Waals surface area contributed by atoms with Crippen LogP contribution in [0.1, 0.15) is 105 Å². The molecule has 0 heterocycles. The number of benzene rings is 4. The molecule has 254 valence electrons. The monoisotopic (exact) mass is 676 g/mol. The molecule has 0 aliphatic rings. The minimum absolute atomic E-state index is 0.100. The van der Waals surface area contributed by atoms with E-state index in [1.807, 2.05) is 72.8 Å². The van der Waals surface area contributed by atoms with Crippen molar-refractivity contribution in [3.8, 4) is 11.5 Å². The molecule has 0 unspecified atom stereocenters. The molecule has 5 nitrogen and oxygen atoms in total. The van der Waals surface area contributed by atoms with E-state index in [0.29, 0.717) is 22.1 Å². The van der Waals surface area contributed by atoms with Crippen LogP contribution in [0.25, 0.3) is 0 Å². The van der Waals surface area contributed by atoms with Crippen molar-refractivity contribution in [3.63, 3.8) is 0 Å². The third kappa shape index (κ3) is 7.77. The number of hydrogen-bond donors (Lipinski definition) is 2. The summed E-state index contributed by atoms with van der Waals surface area (Å²) in [5, 5.41) is 1.14. The molecule has 0 radical (unpaired) electrons.